The molecule has 0 aliphatic carbocycles. The predicted octanol–water partition coefficient (Wildman–Crippen LogP) is 3.42. The molecule has 120 valence electrons. The summed E-state index contributed by atoms with van der Waals surface area (Å²) in [6.07, 6.45) is 4.47. The van der Waals surface area contributed by atoms with Crippen LogP contribution in [-0.4, -0.2) is 23.2 Å². The van der Waals surface area contributed by atoms with E-state index in [1.165, 1.54) is 4.90 Å². The third kappa shape index (κ3) is 6.56. The Morgan fingerprint density at radius 3 is 2.50 bits per heavy atom. The molecular weight excluding hydrogens is 341 g/mol. The van der Waals surface area contributed by atoms with Gasteiger partial charge in [-0.1, -0.05) is 12.1 Å². The fourth-order valence-electron chi connectivity index (χ4n) is 1.70. The maximum absolute atomic E-state index is 11.9. The molecule has 1 amide bonds. The second kappa shape index (κ2) is 11.2. The van der Waals surface area contributed by atoms with Gasteiger partial charge in [0.1, 0.15) is 0 Å². The number of carbonyl (C=O) groups is 1. The summed E-state index contributed by atoms with van der Waals surface area (Å²) in [5.74, 6) is 0.839. The number of amides is 1. The van der Waals surface area contributed by atoms with E-state index in [0.717, 1.165) is 12.2 Å². The number of carbonyl (C=O) groups excluding carboxylic acids is 1. The summed E-state index contributed by atoms with van der Waals surface area (Å²) in [5, 5.41) is 2.88. The number of aromatic nitrogens is 1. The molecule has 0 atom stereocenters. The third-order valence-electron chi connectivity index (χ3n) is 2.73. The van der Waals surface area contributed by atoms with Gasteiger partial charge in [-0.15, -0.1) is 36.6 Å². The zero-order valence-electron chi connectivity index (χ0n) is 11.9. The van der Waals surface area contributed by atoms with E-state index < -0.39 is 0 Å². The van der Waals surface area contributed by atoms with Gasteiger partial charge in [-0.2, -0.15) is 0 Å². The number of pyridine rings is 1. The van der Waals surface area contributed by atoms with Gasteiger partial charge in [-0.25, -0.2) is 0 Å². The Hall–Kier alpha value is -1.43. The van der Waals surface area contributed by atoms with E-state index in [1.54, 1.807) is 36.3 Å². The first kappa shape index (κ1) is 20.6. The van der Waals surface area contributed by atoms with Crippen LogP contribution < -0.4 is 11.1 Å². The monoisotopic (exact) mass is 359 g/mol. The average molecular weight is 360 g/mol. The zero-order chi connectivity index (χ0) is 14.2. The van der Waals surface area contributed by atoms with E-state index in [4.69, 9.17) is 5.73 Å². The Labute approximate surface area is 147 Å². The van der Waals surface area contributed by atoms with Crippen LogP contribution in [0.25, 0.3) is 0 Å². The second-order valence-corrected chi connectivity index (χ2v) is 5.40. The number of hydrogen-bond donors (Lipinski definition) is 2. The lowest BCUT2D eigenvalue weighted by molar-refractivity contribution is 0.0954. The van der Waals surface area contributed by atoms with Crippen molar-refractivity contribution in [3.05, 3.63) is 54.4 Å². The lowest BCUT2D eigenvalue weighted by Gasteiger charge is -2.07. The minimum atomic E-state index is -0.114. The molecule has 1 aromatic heterocycles. The van der Waals surface area contributed by atoms with Gasteiger partial charge in [0.2, 0.25) is 0 Å². The van der Waals surface area contributed by atoms with Crippen LogP contribution in [-0.2, 0) is 0 Å². The number of rotatable bonds is 6. The van der Waals surface area contributed by atoms with Gasteiger partial charge in [-0.3, -0.25) is 9.78 Å². The number of halogens is 2. The lowest BCUT2D eigenvalue weighted by atomic mass is 10.1. The summed E-state index contributed by atoms with van der Waals surface area (Å²) in [4.78, 5) is 17.1. The number of nitrogens with two attached hydrogens (primary N) is 1. The van der Waals surface area contributed by atoms with Crippen LogP contribution in [0.4, 0.5) is 5.69 Å². The first-order chi connectivity index (χ1) is 9.77. The highest BCUT2D eigenvalue weighted by molar-refractivity contribution is 7.99. The van der Waals surface area contributed by atoms with Crippen LogP contribution in [0.2, 0.25) is 0 Å². The molecule has 1 heterocycles. The number of hydrogen-bond acceptors (Lipinski definition) is 4. The van der Waals surface area contributed by atoms with Gasteiger partial charge in [0.15, 0.2) is 0 Å². The van der Waals surface area contributed by atoms with Crippen LogP contribution in [0.3, 0.4) is 0 Å². The van der Waals surface area contributed by atoms with Crippen molar-refractivity contribution in [1.29, 1.82) is 0 Å². The maximum Gasteiger partial charge on any atom is 0.253 e. The minimum absolute atomic E-state index is 0. The molecule has 0 radical (unpaired) electrons. The van der Waals surface area contributed by atoms with Crippen molar-refractivity contribution in [2.45, 2.75) is 11.3 Å². The largest absolute Gasteiger partial charge is 0.398 e. The molecule has 3 N–H and O–H groups in total. The minimum Gasteiger partial charge on any atom is -0.398 e. The molecular formula is C15H19Cl2N3OS. The van der Waals surface area contributed by atoms with Gasteiger partial charge >= 0.3 is 0 Å². The number of anilines is 1. The quantitative estimate of drug-likeness (QED) is 0.471. The fraction of sp³-hybridized carbons (Fsp3) is 0.200. The number of nitrogens with zero attached hydrogens (tertiary/aromatic N) is 1. The third-order valence-corrected chi connectivity index (χ3v) is 3.83. The van der Waals surface area contributed by atoms with Crippen LogP contribution >= 0.6 is 36.6 Å². The Bertz CT molecular complexity index is 570. The SMILES string of the molecule is Cl.Cl.Nc1ccccc1C(=O)NCCCSc1ccncc1. The number of thioether (sulfide) groups is 1. The summed E-state index contributed by atoms with van der Waals surface area (Å²) in [6, 6.07) is 11.1. The van der Waals surface area contributed by atoms with Gasteiger partial charge in [0.25, 0.3) is 5.91 Å². The van der Waals surface area contributed by atoms with Crippen LogP contribution in [0.1, 0.15) is 16.8 Å². The predicted molar refractivity (Wildman–Crippen MR) is 97.3 cm³/mol. The number of nitrogen functional groups attached to an aromatic ring is 1. The Balaban J connectivity index is 0.00000220. The normalized spacial score (nSPS) is 9.27. The van der Waals surface area contributed by atoms with E-state index >= 15 is 0 Å². The van der Waals surface area contributed by atoms with E-state index in [-0.39, 0.29) is 30.7 Å². The number of benzene rings is 1. The first-order valence-electron chi connectivity index (χ1n) is 6.43. The van der Waals surface area contributed by atoms with Crippen LogP contribution in [0.15, 0.2) is 53.7 Å². The molecule has 0 aliphatic heterocycles. The molecule has 2 aromatic rings. The standard InChI is InChI=1S/C15H17N3OS.2ClH/c16-14-5-2-1-4-13(14)15(19)18-8-3-11-20-12-6-9-17-10-7-12;;/h1-2,4-7,9-10H,3,8,11,16H2,(H,18,19);2*1H. The molecule has 22 heavy (non-hydrogen) atoms. The molecule has 0 fully saturated rings. The number of nitrogens with one attached hydrogen (secondary N) is 1. The smallest absolute Gasteiger partial charge is 0.253 e. The summed E-state index contributed by atoms with van der Waals surface area (Å²) in [5.41, 5.74) is 6.80. The Morgan fingerprint density at radius 1 is 1.14 bits per heavy atom. The number of para-hydroxylation sites is 1. The van der Waals surface area contributed by atoms with Crippen molar-refractivity contribution >= 4 is 48.2 Å². The van der Waals surface area contributed by atoms with Crippen molar-refractivity contribution in [2.24, 2.45) is 0 Å². The van der Waals surface area contributed by atoms with Gasteiger partial charge in [0, 0.05) is 29.5 Å². The van der Waals surface area contributed by atoms with Crippen LogP contribution in [0, 0.1) is 0 Å². The molecule has 0 saturated carbocycles. The highest BCUT2D eigenvalue weighted by atomic mass is 35.5. The van der Waals surface area contributed by atoms with Gasteiger partial charge in [-0.05, 0) is 36.4 Å². The topological polar surface area (TPSA) is 68.0 Å². The fourth-order valence-corrected chi connectivity index (χ4v) is 2.54. The second-order valence-electron chi connectivity index (χ2n) is 4.23. The Morgan fingerprint density at radius 2 is 1.82 bits per heavy atom. The Kier molecular flexibility index (Phi) is 10.5. The zero-order valence-corrected chi connectivity index (χ0v) is 14.3. The maximum atomic E-state index is 11.9. The van der Waals surface area contributed by atoms with Crippen molar-refractivity contribution in [3.8, 4) is 0 Å². The lowest BCUT2D eigenvalue weighted by Crippen LogP contribution is -2.25. The van der Waals surface area contributed by atoms with Crippen molar-refractivity contribution in [3.63, 3.8) is 0 Å². The van der Waals surface area contributed by atoms with E-state index in [0.29, 0.717) is 17.8 Å². The molecule has 0 bridgehead atoms. The average Bonchev–Trinajstić information content (AvgIpc) is 2.48. The summed E-state index contributed by atoms with van der Waals surface area (Å²) in [7, 11) is 0. The van der Waals surface area contributed by atoms with E-state index in [1.807, 2.05) is 24.3 Å². The van der Waals surface area contributed by atoms with Crippen molar-refractivity contribution in [1.82, 2.24) is 10.3 Å². The molecule has 7 heteroatoms. The summed E-state index contributed by atoms with van der Waals surface area (Å²) < 4.78 is 0. The molecule has 1 aromatic carbocycles. The highest BCUT2D eigenvalue weighted by Gasteiger charge is 2.07. The van der Waals surface area contributed by atoms with E-state index in [9.17, 15) is 4.79 Å². The molecule has 0 aliphatic rings. The van der Waals surface area contributed by atoms with Crippen molar-refractivity contribution < 1.29 is 4.79 Å². The molecule has 2 rings (SSSR count). The summed E-state index contributed by atoms with van der Waals surface area (Å²) >= 11 is 1.76. The molecule has 0 saturated heterocycles. The first-order valence-corrected chi connectivity index (χ1v) is 7.41. The van der Waals surface area contributed by atoms with Crippen molar-refractivity contribution in [2.75, 3.05) is 18.0 Å². The van der Waals surface area contributed by atoms with Crippen LogP contribution in [0.5, 0.6) is 0 Å². The van der Waals surface area contributed by atoms with Gasteiger partial charge in [0.05, 0.1) is 5.56 Å². The van der Waals surface area contributed by atoms with Gasteiger partial charge < -0.3 is 11.1 Å². The molecule has 0 spiro atoms. The summed E-state index contributed by atoms with van der Waals surface area (Å²) in [6.45, 7) is 0.644. The molecule has 4 nitrogen and oxygen atoms in total. The van der Waals surface area contributed by atoms with E-state index in [2.05, 4.69) is 10.3 Å². The highest BCUT2D eigenvalue weighted by Crippen LogP contribution is 2.16. The molecule has 0 unspecified atom stereocenters.